The molecule has 1 saturated carbocycles. The maximum atomic E-state index is 12.0. The molecule has 0 aromatic rings. The second kappa shape index (κ2) is 5.50. The van der Waals surface area contributed by atoms with Crippen LogP contribution in [-0.4, -0.2) is 12.3 Å². The van der Waals surface area contributed by atoms with Crippen molar-refractivity contribution in [3.63, 3.8) is 0 Å². The van der Waals surface area contributed by atoms with Crippen LogP contribution in [-0.2, 0) is 4.79 Å². The smallest absolute Gasteiger partial charge is 0.140 e. The quantitative estimate of drug-likeness (QED) is 0.736. The van der Waals surface area contributed by atoms with Crippen LogP contribution in [0.3, 0.4) is 0 Å². The van der Waals surface area contributed by atoms with E-state index < -0.39 is 0 Å². The number of hydrogen-bond donors (Lipinski definition) is 1. The normalized spacial score (nSPS) is 20.7. The molecule has 0 aromatic heterocycles. The van der Waals surface area contributed by atoms with Crippen LogP contribution in [0.15, 0.2) is 0 Å². The van der Waals surface area contributed by atoms with Crippen LogP contribution < -0.4 is 5.73 Å². The van der Waals surface area contributed by atoms with Crippen LogP contribution in [0.2, 0.25) is 0 Å². The molecule has 0 unspecified atom stereocenters. The summed E-state index contributed by atoms with van der Waals surface area (Å²) in [5.41, 5.74) is 5.66. The van der Waals surface area contributed by atoms with E-state index in [2.05, 4.69) is 6.92 Å². The molecule has 0 amide bonds. The molecule has 0 bridgehead atoms. The summed E-state index contributed by atoms with van der Waals surface area (Å²) in [5, 5.41) is 0. The van der Waals surface area contributed by atoms with E-state index in [-0.39, 0.29) is 5.41 Å². The van der Waals surface area contributed by atoms with Gasteiger partial charge in [0.2, 0.25) is 0 Å². The van der Waals surface area contributed by atoms with Gasteiger partial charge in [0.05, 0.1) is 0 Å². The first kappa shape index (κ1) is 11.7. The van der Waals surface area contributed by atoms with E-state index in [1.165, 1.54) is 19.3 Å². The van der Waals surface area contributed by atoms with Crippen LogP contribution >= 0.6 is 0 Å². The fourth-order valence-electron chi connectivity index (χ4n) is 2.43. The summed E-state index contributed by atoms with van der Waals surface area (Å²) in [7, 11) is 0. The van der Waals surface area contributed by atoms with E-state index in [1.807, 2.05) is 0 Å². The molecule has 0 atom stereocenters. The highest BCUT2D eigenvalue weighted by molar-refractivity contribution is 5.85. The van der Waals surface area contributed by atoms with Crippen LogP contribution in [0.5, 0.6) is 0 Å². The Bertz CT molecular complexity index is 183. The fourth-order valence-corrected chi connectivity index (χ4v) is 2.43. The van der Waals surface area contributed by atoms with Gasteiger partial charge in [0, 0.05) is 18.4 Å². The number of unbranched alkanes of at least 4 members (excludes halogenated alkanes) is 1. The van der Waals surface area contributed by atoms with Crippen molar-refractivity contribution >= 4 is 5.78 Å². The van der Waals surface area contributed by atoms with Gasteiger partial charge in [-0.2, -0.15) is 0 Å². The van der Waals surface area contributed by atoms with Crippen LogP contribution in [0.4, 0.5) is 0 Å². The highest BCUT2D eigenvalue weighted by Crippen LogP contribution is 2.37. The zero-order valence-corrected chi connectivity index (χ0v) is 9.35. The van der Waals surface area contributed by atoms with Crippen molar-refractivity contribution in [3.05, 3.63) is 0 Å². The molecule has 2 N–H and O–H groups in total. The van der Waals surface area contributed by atoms with Gasteiger partial charge in [0.15, 0.2) is 0 Å². The molecule has 2 nitrogen and oxygen atoms in total. The molecule has 0 aromatic carbocycles. The van der Waals surface area contributed by atoms with E-state index in [9.17, 15) is 4.79 Å². The number of carbonyl (C=O) groups excluding carboxylic acids is 1. The summed E-state index contributed by atoms with van der Waals surface area (Å²) < 4.78 is 0. The standard InChI is InChI=1S/C12H23NO/c1-2-3-7-11(14)12(10-13)8-5-4-6-9-12/h2-10,13H2,1H3. The van der Waals surface area contributed by atoms with Gasteiger partial charge in [-0.25, -0.2) is 0 Å². The maximum Gasteiger partial charge on any atom is 0.140 e. The summed E-state index contributed by atoms with van der Waals surface area (Å²) in [6, 6.07) is 0. The number of ketones is 1. The number of carbonyl (C=O) groups is 1. The molecule has 14 heavy (non-hydrogen) atoms. The van der Waals surface area contributed by atoms with Gasteiger partial charge in [0.1, 0.15) is 5.78 Å². The Morgan fingerprint density at radius 2 is 1.93 bits per heavy atom. The number of nitrogens with two attached hydrogens (primary N) is 1. The molecule has 1 fully saturated rings. The van der Waals surface area contributed by atoms with Crippen molar-refractivity contribution in [2.45, 2.75) is 58.3 Å². The van der Waals surface area contributed by atoms with Gasteiger partial charge >= 0.3 is 0 Å². The number of hydrogen-bond acceptors (Lipinski definition) is 2. The van der Waals surface area contributed by atoms with Crippen molar-refractivity contribution in [2.24, 2.45) is 11.1 Å². The van der Waals surface area contributed by atoms with Gasteiger partial charge in [0.25, 0.3) is 0 Å². The fraction of sp³-hybridized carbons (Fsp3) is 0.917. The van der Waals surface area contributed by atoms with Crippen LogP contribution in [0.1, 0.15) is 58.3 Å². The van der Waals surface area contributed by atoms with E-state index in [0.29, 0.717) is 12.3 Å². The zero-order valence-electron chi connectivity index (χ0n) is 9.35. The molecule has 82 valence electrons. The largest absolute Gasteiger partial charge is 0.329 e. The molecule has 1 aliphatic carbocycles. The van der Waals surface area contributed by atoms with Gasteiger partial charge in [-0.1, -0.05) is 32.6 Å². The molecular formula is C12H23NO. The molecule has 0 heterocycles. The Labute approximate surface area is 87.2 Å². The van der Waals surface area contributed by atoms with Crippen molar-refractivity contribution in [1.82, 2.24) is 0 Å². The van der Waals surface area contributed by atoms with E-state index in [1.54, 1.807) is 0 Å². The van der Waals surface area contributed by atoms with Gasteiger partial charge in [-0.15, -0.1) is 0 Å². The third-order valence-corrected chi connectivity index (χ3v) is 3.55. The minimum atomic E-state index is -0.132. The lowest BCUT2D eigenvalue weighted by atomic mass is 9.70. The number of rotatable bonds is 5. The molecule has 1 aliphatic rings. The summed E-state index contributed by atoms with van der Waals surface area (Å²) in [6.07, 6.45) is 8.60. The predicted octanol–water partition coefficient (Wildman–Crippen LogP) is 2.65. The molecule has 1 rings (SSSR count). The number of Topliss-reactive ketones (excluding diaryl/α,β-unsaturated/α-hetero) is 1. The Hall–Kier alpha value is -0.370. The summed E-state index contributed by atoms with van der Waals surface area (Å²) in [5.74, 6) is 0.432. The first-order valence-corrected chi connectivity index (χ1v) is 5.98. The summed E-state index contributed by atoms with van der Waals surface area (Å²) in [6.45, 7) is 2.69. The van der Waals surface area contributed by atoms with Gasteiger partial charge in [-0.3, -0.25) is 4.79 Å². The molecule has 0 saturated heterocycles. The van der Waals surface area contributed by atoms with E-state index in [4.69, 9.17) is 5.73 Å². The minimum Gasteiger partial charge on any atom is -0.329 e. The lowest BCUT2D eigenvalue weighted by Crippen LogP contribution is -2.40. The Morgan fingerprint density at radius 1 is 1.29 bits per heavy atom. The summed E-state index contributed by atoms with van der Waals surface area (Å²) >= 11 is 0. The van der Waals surface area contributed by atoms with Crippen molar-refractivity contribution in [1.29, 1.82) is 0 Å². The first-order valence-electron chi connectivity index (χ1n) is 5.98. The van der Waals surface area contributed by atoms with Crippen molar-refractivity contribution in [2.75, 3.05) is 6.54 Å². The summed E-state index contributed by atoms with van der Waals surface area (Å²) in [4.78, 5) is 12.0. The van der Waals surface area contributed by atoms with Crippen LogP contribution in [0, 0.1) is 5.41 Å². The second-order valence-electron chi connectivity index (χ2n) is 4.57. The van der Waals surface area contributed by atoms with E-state index >= 15 is 0 Å². The maximum absolute atomic E-state index is 12.0. The SMILES string of the molecule is CCCCC(=O)C1(CN)CCCCC1. The molecule has 0 aliphatic heterocycles. The molecule has 2 heteroatoms. The molecular weight excluding hydrogens is 174 g/mol. The highest BCUT2D eigenvalue weighted by atomic mass is 16.1. The first-order chi connectivity index (χ1) is 6.75. The molecule has 0 radical (unpaired) electrons. The average Bonchev–Trinajstić information content (AvgIpc) is 2.26. The Morgan fingerprint density at radius 3 is 2.43 bits per heavy atom. The Kier molecular flexibility index (Phi) is 4.59. The average molecular weight is 197 g/mol. The third-order valence-electron chi connectivity index (χ3n) is 3.55. The zero-order chi connectivity index (χ0) is 10.4. The third kappa shape index (κ3) is 2.57. The van der Waals surface area contributed by atoms with Gasteiger partial charge < -0.3 is 5.73 Å². The Balaban J connectivity index is 2.53. The second-order valence-corrected chi connectivity index (χ2v) is 4.57. The lowest BCUT2D eigenvalue weighted by molar-refractivity contribution is -0.130. The lowest BCUT2D eigenvalue weighted by Gasteiger charge is -2.34. The monoisotopic (exact) mass is 197 g/mol. The predicted molar refractivity (Wildman–Crippen MR) is 59.1 cm³/mol. The van der Waals surface area contributed by atoms with E-state index in [0.717, 1.165) is 32.1 Å². The topological polar surface area (TPSA) is 43.1 Å². The van der Waals surface area contributed by atoms with Gasteiger partial charge in [-0.05, 0) is 19.3 Å². The van der Waals surface area contributed by atoms with Crippen molar-refractivity contribution < 1.29 is 4.79 Å². The minimum absolute atomic E-state index is 0.132. The van der Waals surface area contributed by atoms with Crippen molar-refractivity contribution in [3.8, 4) is 0 Å². The highest BCUT2D eigenvalue weighted by Gasteiger charge is 2.36. The van der Waals surface area contributed by atoms with Crippen LogP contribution in [0.25, 0.3) is 0 Å². The molecule has 0 spiro atoms.